The zero-order valence-corrected chi connectivity index (χ0v) is 12.7. The van der Waals surface area contributed by atoms with E-state index in [2.05, 4.69) is 15.0 Å². The molecule has 24 heavy (non-hydrogen) atoms. The highest BCUT2D eigenvalue weighted by atomic mass is 32.1. The number of halogens is 3. The van der Waals surface area contributed by atoms with Gasteiger partial charge < -0.3 is 25.0 Å². The van der Waals surface area contributed by atoms with Gasteiger partial charge in [0.25, 0.3) is 0 Å². The van der Waals surface area contributed by atoms with Gasteiger partial charge in [0.15, 0.2) is 11.3 Å². The van der Waals surface area contributed by atoms with Crippen LogP contribution in [-0.2, 0) is 10.9 Å². The van der Waals surface area contributed by atoms with E-state index in [1.165, 1.54) is 6.07 Å². The Morgan fingerprint density at radius 1 is 1.29 bits per heavy atom. The van der Waals surface area contributed by atoms with Gasteiger partial charge in [-0.2, -0.15) is 13.2 Å². The fourth-order valence-corrected chi connectivity index (χ4v) is 2.76. The molecule has 0 aromatic carbocycles. The van der Waals surface area contributed by atoms with Crippen molar-refractivity contribution in [1.29, 1.82) is 0 Å². The third-order valence-electron chi connectivity index (χ3n) is 3.73. The normalized spacial score (nSPS) is 27.8. The molecule has 2 aromatic rings. The third kappa shape index (κ3) is 2.89. The van der Waals surface area contributed by atoms with E-state index in [-0.39, 0.29) is 21.4 Å². The molecule has 0 bridgehead atoms. The maximum Gasteiger partial charge on any atom is 0.434 e. The van der Waals surface area contributed by atoms with Crippen molar-refractivity contribution >= 4 is 23.4 Å². The van der Waals surface area contributed by atoms with Crippen molar-refractivity contribution in [1.82, 2.24) is 15.0 Å². The number of fused-ring (bicyclic) bond motifs is 1. The second kappa shape index (κ2) is 6.01. The minimum atomic E-state index is -4.64. The molecule has 0 spiro atoms. The third-order valence-corrected chi connectivity index (χ3v) is 4.06. The molecule has 11 heteroatoms. The van der Waals surface area contributed by atoms with Gasteiger partial charge in [-0.3, -0.25) is 4.98 Å². The van der Waals surface area contributed by atoms with E-state index in [1.54, 1.807) is 0 Å². The molecule has 3 heterocycles. The summed E-state index contributed by atoms with van der Waals surface area (Å²) >= 11 is 5.08. The van der Waals surface area contributed by atoms with Gasteiger partial charge in [-0.05, 0) is 6.07 Å². The minimum Gasteiger partial charge on any atom is -0.394 e. The SMILES string of the molecule is OC[C@H]1O[C@@H](c2cc3ncc(C(F)(F)F)nc3[nH]c2=S)C(O)C1O. The number of nitrogens with zero attached hydrogens (tertiary/aromatic N) is 2. The van der Waals surface area contributed by atoms with E-state index in [0.29, 0.717) is 6.20 Å². The number of nitrogens with one attached hydrogen (secondary N) is 1. The Bertz CT molecular complexity index is 828. The van der Waals surface area contributed by atoms with Gasteiger partial charge in [-0.25, -0.2) is 4.98 Å². The maximum absolute atomic E-state index is 12.7. The van der Waals surface area contributed by atoms with Crippen molar-refractivity contribution in [3.05, 3.63) is 28.2 Å². The first-order valence-electron chi connectivity index (χ1n) is 6.82. The molecular formula is C13H12F3N3O4S. The van der Waals surface area contributed by atoms with Gasteiger partial charge in [0, 0.05) is 5.56 Å². The molecule has 0 amide bonds. The number of aromatic nitrogens is 3. The Morgan fingerprint density at radius 3 is 2.58 bits per heavy atom. The van der Waals surface area contributed by atoms with E-state index in [0.717, 1.165) is 0 Å². The molecule has 7 nitrogen and oxygen atoms in total. The summed E-state index contributed by atoms with van der Waals surface area (Å²) in [6.07, 6.45) is -8.76. The first-order chi connectivity index (χ1) is 11.2. The number of pyridine rings is 1. The molecule has 4 N–H and O–H groups in total. The van der Waals surface area contributed by atoms with Gasteiger partial charge in [-0.1, -0.05) is 12.2 Å². The van der Waals surface area contributed by atoms with Gasteiger partial charge in [0.05, 0.1) is 12.8 Å². The lowest BCUT2D eigenvalue weighted by Gasteiger charge is -2.15. The van der Waals surface area contributed by atoms with Gasteiger partial charge in [-0.15, -0.1) is 0 Å². The Labute approximate surface area is 137 Å². The highest BCUT2D eigenvalue weighted by Crippen LogP contribution is 2.35. The molecule has 0 saturated carbocycles. The van der Waals surface area contributed by atoms with Gasteiger partial charge >= 0.3 is 6.18 Å². The molecule has 1 aliphatic rings. The van der Waals surface area contributed by atoms with E-state index in [1.807, 2.05) is 0 Å². The van der Waals surface area contributed by atoms with Gasteiger partial charge in [0.1, 0.15) is 34.6 Å². The fourth-order valence-electron chi connectivity index (χ4n) is 2.49. The standard InChI is InChI=1S/C13H12F3N3O4S/c14-13(15,16)7-2-17-5-1-4(12(24)19-11(5)18-7)10-9(22)8(21)6(3-20)23-10/h1-2,6,8-10,20-22H,3H2,(H,18,19,24)/t6-,8?,9?,10+/m1/s1. The minimum absolute atomic E-state index is 0.00837. The first-order valence-corrected chi connectivity index (χ1v) is 7.23. The Balaban J connectivity index is 2.05. The van der Waals surface area contributed by atoms with Crippen molar-refractivity contribution < 1.29 is 33.2 Å². The van der Waals surface area contributed by atoms with Gasteiger partial charge in [0.2, 0.25) is 0 Å². The highest BCUT2D eigenvalue weighted by molar-refractivity contribution is 7.71. The number of rotatable bonds is 2. The van der Waals surface area contributed by atoms with E-state index >= 15 is 0 Å². The first kappa shape index (κ1) is 17.2. The maximum atomic E-state index is 12.7. The van der Waals surface area contributed by atoms with Crippen LogP contribution >= 0.6 is 12.2 Å². The van der Waals surface area contributed by atoms with Crippen LogP contribution in [0.25, 0.3) is 11.2 Å². The highest BCUT2D eigenvalue weighted by Gasteiger charge is 2.43. The number of ether oxygens (including phenoxy) is 1. The molecule has 2 aromatic heterocycles. The summed E-state index contributed by atoms with van der Waals surface area (Å²) in [5.41, 5.74) is -1.01. The van der Waals surface area contributed by atoms with Crippen molar-refractivity contribution in [2.24, 2.45) is 0 Å². The quantitative estimate of drug-likeness (QED) is 0.586. The van der Waals surface area contributed by atoms with Crippen LogP contribution in [0, 0.1) is 4.64 Å². The molecule has 130 valence electrons. The van der Waals surface area contributed by atoms with E-state index in [9.17, 15) is 23.4 Å². The predicted molar refractivity (Wildman–Crippen MR) is 76.4 cm³/mol. The zero-order valence-electron chi connectivity index (χ0n) is 11.9. The van der Waals surface area contributed by atoms with E-state index in [4.69, 9.17) is 22.1 Å². The summed E-state index contributed by atoms with van der Waals surface area (Å²) < 4.78 is 43.4. The summed E-state index contributed by atoms with van der Waals surface area (Å²) in [6, 6.07) is 1.34. The van der Waals surface area contributed by atoms with Crippen LogP contribution in [0.3, 0.4) is 0 Å². The zero-order chi connectivity index (χ0) is 17.6. The number of aliphatic hydroxyl groups excluding tert-OH is 3. The van der Waals surface area contributed by atoms with Crippen LogP contribution in [0.1, 0.15) is 17.4 Å². The number of hydrogen-bond donors (Lipinski definition) is 4. The van der Waals surface area contributed by atoms with Crippen molar-refractivity contribution in [3.63, 3.8) is 0 Å². The predicted octanol–water partition coefficient (Wildman–Crippen LogP) is 0.860. The average molecular weight is 363 g/mol. The largest absolute Gasteiger partial charge is 0.434 e. The van der Waals surface area contributed by atoms with Crippen LogP contribution in [0.4, 0.5) is 13.2 Å². The monoisotopic (exact) mass is 363 g/mol. The number of aliphatic hydroxyl groups is 3. The van der Waals surface area contributed by atoms with E-state index < -0.39 is 42.9 Å². The number of H-pyrrole nitrogens is 1. The molecule has 4 atom stereocenters. The summed E-state index contributed by atoms with van der Waals surface area (Å²) in [7, 11) is 0. The Hall–Kier alpha value is -1.66. The molecule has 3 rings (SSSR count). The Morgan fingerprint density at radius 2 is 2.00 bits per heavy atom. The molecule has 1 saturated heterocycles. The lowest BCUT2D eigenvalue weighted by atomic mass is 10.0. The summed E-state index contributed by atoms with van der Waals surface area (Å²) in [5, 5.41) is 28.9. The molecular weight excluding hydrogens is 351 g/mol. The summed E-state index contributed by atoms with van der Waals surface area (Å²) in [4.78, 5) is 9.65. The molecule has 2 unspecified atom stereocenters. The van der Waals surface area contributed by atoms with Crippen molar-refractivity contribution in [3.8, 4) is 0 Å². The second-order valence-corrected chi connectivity index (χ2v) is 5.71. The van der Waals surface area contributed by atoms with Crippen LogP contribution in [-0.4, -0.2) is 55.2 Å². The second-order valence-electron chi connectivity index (χ2n) is 5.30. The Kier molecular flexibility index (Phi) is 4.30. The molecule has 1 fully saturated rings. The average Bonchev–Trinajstić information content (AvgIpc) is 2.80. The van der Waals surface area contributed by atoms with Crippen molar-refractivity contribution in [2.45, 2.75) is 30.6 Å². The lowest BCUT2D eigenvalue weighted by molar-refractivity contribution is -0.141. The van der Waals surface area contributed by atoms with Crippen LogP contribution < -0.4 is 0 Å². The van der Waals surface area contributed by atoms with Crippen LogP contribution in [0.15, 0.2) is 12.3 Å². The molecule has 0 radical (unpaired) electrons. The smallest absolute Gasteiger partial charge is 0.394 e. The molecule has 1 aliphatic heterocycles. The van der Waals surface area contributed by atoms with Crippen LogP contribution in [0.5, 0.6) is 0 Å². The lowest BCUT2D eigenvalue weighted by Crippen LogP contribution is -2.32. The van der Waals surface area contributed by atoms with Crippen molar-refractivity contribution in [2.75, 3.05) is 6.61 Å². The number of alkyl halides is 3. The topological polar surface area (TPSA) is 111 Å². The number of hydrogen-bond acceptors (Lipinski definition) is 7. The fraction of sp³-hybridized carbons (Fsp3) is 0.462. The summed E-state index contributed by atoms with van der Waals surface area (Å²) in [5.74, 6) is 0. The number of aromatic amines is 1. The molecule has 0 aliphatic carbocycles. The summed E-state index contributed by atoms with van der Waals surface area (Å²) in [6.45, 7) is -0.506. The van der Waals surface area contributed by atoms with Crippen LogP contribution in [0.2, 0.25) is 0 Å².